The van der Waals surface area contributed by atoms with Gasteiger partial charge in [-0.15, -0.1) is 0 Å². The Bertz CT molecular complexity index is 693. The number of carbonyl (C=O) groups is 1. The van der Waals surface area contributed by atoms with Gasteiger partial charge < -0.3 is 11.1 Å². The lowest BCUT2D eigenvalue weighted by molar-refractivity contribution is -0.122. The Hall–Kier alpha value is -1.23. The molecule has 0 aliphatic carbocycles. The van der Waals surface area contributed by atoms with Crippen molar-refractivity contribution in [2.75, 3.05) is 5.32 Å². The van der Waals surface area contributed by atoms with Crippen LogP contribution in [0.25, 0.3) is 0 Å². The summed E-state index contributed by atoms with van der Waals surface area (Å²) in [6.45, 7) is 1.67. The second-order valence-corrected chi connectivity index (χ2v) is 6.43. The number of rotatable bonds is 4. The lowest BCUT2D eigenvalue weighted by Gasteiger charge is -2.30. The third-order valence-electron chi connectivity index (χ3n) is 3.20. The zero-order chi connectivity index (χ0) is 15.6. The minimum Gasteiger partial charge on any atom is -0.368 e. The highest BCUT2D eigenvalue weighted by molar-refractivity contribution is 9.10. The Labute approximate surface area is 141 Å². The summed E-state index contributed by atoms with van der Waals surface area (Å²) in [5, 5.41) is 3.81. The van der Waals surface area contributed by atoms with E-state index in [1.807, 2.05) is 24.3 Å². The van der Waals surface area contributed by atoms with E-state index in [1.54, 1.807) is 25.1 Å². The van der Waals surface area contributed by atoms with Crippen molar-refractivity contribution in [3.8, 4) is 0 Å². The average molecular weight is 388 g/mol. The molecular formula is C15H13BrCl2N2O. The Morgan fingerprint density at radius 1 is 1.24 bits per heavy atom. The quantitative estimate of drug-likeness (QED) is 0.807. The van der Waals surface area contributed by atoms with E-state index in [0.29, 0.717) is 15.6 Å². The van der Waals surface area contributed by atoms with E-state index >= 15 is 0 Å². The number of benzene rings is 2. The lowest BCUT2D eigenvalue weighted by atomic mass is 9.90. The first-order chi connectivity index (χ1) is 9.84. The van der Waals surface area contributed by atoms with E-state index in [2.05, 4.69) is 21.2 Å². The van der Waals surface area contributed by atoms with Crippen LogP contribution in [0.15, 0.2) is 46.9 Å². The summed E-state index contributed by atoms with van der Waals surface area (Å²) in [6.07, 6.45) is 0. The van der Waals surface area contributed by atoms with Crippen LogP contribution in [-0.2, 0) is 10.3 Å². The number of amides is 1. The number of carbonyl (C=O) groups excluding carboxylic acids is 1. The van der Waals surface area contributed by atoms with Crippen molar-refractivity contribution < 1.29 is 4.79 Å². The van der Waals surface area contributed by atoms with Gasteiger partial charge in [-0.1, -0.05) is 57.3 Å². The van der Waals surface area contributed by atoms with Crippen molar-refractivity contribution in [3.05, 3.63) is 62.5 Å². The first kappa shape index (κ1) is 16.1. The molecule has 0 fully saturated rings. The number of nitrogens with two attached hydrogens (primary N) is 1. The topological polar surface area (TPSA) is 55.1 Å². The Kier molecular flexibility index (Phi) is 4.81. The molecule has 0 spiro atoms. The molecule has 2 rings (SSSR count). The van der Waals surface area contributed by atoms with Gasteiger partial charge in [0.15, 0.2) is 0 Å². The summed E-state index contributed by atoms with van der Waals surface area (Å²) >= 11 is 15.6. The molecule has 0 saturated carbocycles. The predicted molar refractivity (Wildman–Crippen MR) is 90.8 cm³/mol. The van der Waals surface area contributed by atoms with Crippen molar-refractivity contribution in [2.24, 2.45) is 5.73 Å². The molecule has 2 aromatic rings. The fourth-order valence-electron chi connectivity index (χ4n) is 2.01. The molecule has 3 nitrogen and oxygen atoms in total. The molecule has 0 radical (unpaired) electrons. The van der Waals surface area contributed by atoms with Crippen LogP contribution < -0.4 is 11.1 Å². The van der Waals surface area contributed by atoms with Crippen molar-refractivity contribution >= 4 is 50.7 Å². The van der Waals surface area contributed by atoms with Gasteiger partial charge in [-0.25, -0.2) is 0 Å². The second kappa shape index (κ2) is 6.26. The summed E-state index contributed by atoms with van der Waals surface area (Å²) in [6, 6.07) is 12.5. The van der Waals surface area contributed by atoms with Crippen molar-refractivity contribution in [1.82, 2.24) is 0 Å². The summed E-state index contributed by atoms with van der Waals surface area (Å²) in [5.74, 6) is -0.549. The second-order valence-electron chi connectivity index (χ2n) is 4.73. The Balaban J connectivity index is 2.51. The number of nitrogens with one attached hydrogen (secondary N) is 1. The first-order valence-electron chi connectivity index (χ1n) is 6.13. The minimum atomic E-state index is -1.18. The monoisotopic (exact) mass is 386 g/mol. The highest BCUT2D eigenvalue weighted by Crippen LogP contribution is 2.35. The fourth-order valence-corrected chi connectivity index (χ4v) is 2.90. The van der Waals surface area contributed by atoms with E-state index in [0.717, 1.165) is 10.2 Å². The van der Waals surface area contributed by atoms with E-state index in [9.17, 15) is 4.79 Å². The highest BCUT2D eigenvalue weighted by Gasteiger charge is 2.35. The number of halogens is 3. The summed E-state index contributed by atoms with van der Waals surface area (Å²) < 4.78 is 0.886. The Morgan fingerprint density at radius 2 is 1.90 bits per heavy atom. The summed E-state index contributed by atoms with van der Waals surface area (Å²) in [7, 11) is 0. The molecule has 0 heterocycles. The van der Waals surface area contributed by atoms with Crippen LogP contribution >= 0.6 is 39.1 Å². The smallest absolute Gasteiger partial charge is 0.247 e. The van der Waals surface area contributed by atoms with Crippen LogP contribution in [-0.4, -0.2) is 5.91 Å². The van der Waals surface area contributed by atoms with Crippen LogP contribution in [0, 0.1) is 0 Å². The van der Waals surface area contributed by atoms with Gasteiger partial charge >= 0.3 is 0 Å². The van der Waals surface area contributed by atoms with Crippen LogP contribution in [0.3, 0.4) is 0 Å². The third kappa shape index (κ3) is 3.34. The highest BCUT2D eigenvalue weighted by atomic mass is 79.9. The van der Waals surface area contributed by atoms with E-state index in [1.165, 1.54) is 0 Å². The first-order valence-corrected chi connectivity index (χ1v) is 7.67. The van der Waals surface area contributed by atoms with Crippen molar-refractivity contribution in [2.45, 2.75) is 12.5 Å². The van der Waals surface area contributed by atoms with Gasteiger partial charge in [0, 0.05) is 15.7 Å². The van der Waals surface area contributed by atoms with Gasteiger partial charge in [0.2, 0.25) is 5.91 Å². The number of hydrogen-bond donors (Lipinski definition) is 2. The van der Waals surface area contributed by atoms with Gasteiger partial charge in [0.25, 0.3) is 0 Å². The van der Waals surface area contributed by atoms with E-state index < -0.39 is 11.4 Å². The van der Waals surface area contributed by atoms with Gasteiger partial charge in [-0.05, 0) is 31.2 Å². The van der Waals surface area contributed by atoms with Crippen LogP contribution in [0.2, 0.25) is 10.0 Å². The minimum absolute atomic E-state index is 0.308. The third-order valence-corrected chi connectivity index (χ3v) is 4.51. The molecule has 0 bridgehead atoms. The van der Waals surface area contributed by atoms with Gasteiger partial charge in [0.05, 0.1) is 10.0 Å². The van der Waals surface area contributed by atoms with Crippen molar-refractivity contribution in [3.63, 3.8) is 0 Å². The normalized spacial score (nSPS) is 13.5. The molecule has 1 unspecified atom stereocenters. The molecule has 0 aromatic heterocycles. The zero-order valence-corrected chi connectivity index (χ0v) is 14.3. The van der Waals surface area contributed by atoms with E-state index in [4.69, 9.17) is 28.9 Å². The van der Waals surface area contributed by atoms with Crippen LogP contribution in [0.4, 0.5) is 5.69 Å². The molecule has 1 atom stereocenters. The van der Waals surface area contributed by atoms with Gasteiger partial charge in [-0.2, -0.15) is 0 Å². The van der Waals surface area contributed by atoms with Gasteiger partial charge in [0.1, 0.15) is 5.54 Å². The molecule has 21 heavy (non-hydrogen) atoms. The number of primary amides is 1. The van der Waals surface area contributed by atoms with Gasteiger partial charge in [-0.3, -0.25) is 4.79 Å². The fraction of sp³-hybridized carbons (Fsp3) is 0.133. The lowest BCUT2D eigenvalue weighted by Crippen LogP contribution is -2.45. The molecule has 1 amide bonds. The standard InChI is InChI=1S/C15H13BrCl2N2O/c1-15(14(19)21,11-6-3-7-12(17)13(11)18)20-10-5-2-4-9(16)8-10/h2-8,20H,1H3,(H2,19,21). The average Bonchev–Trinajstić information content (AvgIpc) is 2.41. The van der Waals surface area contributed by atoms with E-state index in [-0.39, 0.29) is 0 Å². The molecule has 0 aliphatic heterocycles. The molecule has 6 heteroatoms. The van der Waals surface area contributed by atoms with Crippen LogP contribution in [0.5, 0.6) is 0 Å². The maximum absolute atomic E-state index is 12.0. The molecule has 0 aliphatic rings. The van der Waals surface area contributed by atoms with Crippen LogP contribution in [0.1, 0.15) is 12.5 Å². The number of anilines is 1. The SMILES string of the molecule is CC(Nc1cccc(Br)c1)(C(N)=O)c1cccc(Cl)c1Cl. The maximum atomic E-state index is 12.0. The van der Waals surface area contributed by atoms with Crippen molar-refractivity contribution in [1.29, 1.82) is 0 Å². The predicted octanol–water partition coefficient (Wildman–Crippen LogP) is 4.57. The summed E-state index contributed by atoms with van der Waals surface area (Å²) in [4.78, 5) is 12.0. The zero-order valence-electron chi connectivity index (χ0n) is 11.2. The number of hydrogen-bond acceptors (Lipinski definition) is 2. The summed E-state index contributed by atoms with van der Waals surface area (Å²) in [5.41, 5.74) is 5.68. The largest absolute Gasteiger partial charge is 0.368 e. The molecular weight excluding hydrogens is 375 g/mol. The molecule has 0 saturated heterocycles. The molecule has 3 N–H and O–H groups in total. The maximum Gasteiger partial charge on any atom is 0.247 e. The Morgan fingerprint density at radius 3 is 2.52 bits per heavy atom. The molecule has 110 valence electrons. The molecule has 2 aromatic carbocycles.